The molecule has 0 aromatic rings. The second-order valence-electron chi connectivity index (χ2n) is 5.50. The number of aliphatic carboxylic acids is 1. The van der Waals surface area contributed by atoms with E-state index in [-0.39, 0.29) is 18.4 Å². The fourth-order valence-electron chi connectivity index (χ4n) is 3.07. The maximum Gasteiger partial charge on any atom is 0.326 e. The zero-order valence-electron chi connectivity index (χ0n) is 10.9. The van der Waals surface area contributed by atoms with Crippen LogP contribution in [0.25, 0.3) is 0 Å². The number of hydrogen-bond acceptors (Lipinski definition) is 3. The van der Waals surface area contributed by atoms with Crippen LogP contribution < -0.4 is 5.32 Å². The summed E-state index contributed by atoms with van der Waals surface area (Å²) in [5.41, 5.74) is 0. The van der Waals surface area contributed by atoms with Crippen molar-refractivity contribution in [2.24, 2.45) is 5.92 Å². The van der Waals surface area contributed by atoms with E-state index in [4.69, 9.17) is 5.11 Å². The molecule has 1 aliphatic heterocycles. The van der Waals surface area contributed by atoms with E-state index in [2.05, 4.69) is 5.32 Å². The third-order valence-electron chi connectivity index (χ3n) is 4.17. The Morgan fingerprint density at radius 3 is 2.56 bits per heavy atom. The maximum absolute atomic E-state index is 12.1. The number of hydrogen-bond donors (Lipinski definition) is 2. The highest BCUT2D eigenvalue weighted by atomic mass is 16.4. The Labute approximate surface area is 108 Å². The molecular weight excluding hydrogens is 232 g/mol. The van der Waals surface area contributed by atoms with Crippen LogP contribution in [-0.2, 0) is 9.59 Å². The number of amides is 1. The molecule has 1 heterocycles. The Morgan fingerprint density at radius 2 is 1.94 bits per heavy atom. The number of carbonyl (C=O) groups is 2. The molecule has 5 heteroatoms. The number of rotatable bonds is 4. The van der Waals surface area contributed by atoms with Gasteiger partial charge in [0, 0.05) is 12.6 Å². The molecule has 2 fully saturated rings. The van der Waals surface area contributed by atoms with Gasteiger partial charge in [0.1, 0.15) is 6.04 Å². The van der Waals surface area contributed by atoms with Crippen molar-refractivity contribution in [3.8, 4) is 0 Å². The minimum Gasteiger partial charge on any atom is -0.480 e. The minimum absolute atomic E-state index is 0.0536. The van der Waals surface area contributed by atoms with E-state index in [1.165, 1.54) is 17.7 Å². The monoisotopic (exact) mass is 254 g/mol. The first-order valence-electron chi connectivity index (χ1n) is 6.85. The van der Waals surface area contributed by atoms with Gasteiger partial charge in [-0.1, -0.05) is 19.8 Å². The molecule has 1 amide bonds. The highest BCUT2D eigenvalue weighted by molar-refractivity contribution is 5.85. The van der Waals surface area contributed by atoms with Gasteiger partial charge in [-0.15, -0.1) is 0 Å². The van der Waals surface area contributed by atoms with Gasteiger partial charge in [0.2, 0.25) is 5.91 Å². The van der Waals surface area contributed by atoms with Crippen molar-refractivity contribution >= 4 is 11.9 Å². The van der Waals surface area contributed by atoms with Gasteiger partial charge in [0.15, 0.2) is 0 Å². The first-order chi connectivity index (χ1) is 8.59. The van der Waals surface area contributed by atoms with Crippen LogP contribution in [0, 0.1) is 5.92 Å². The summed E-state index contributed by atoms with van der Waals surface area (Å²) < 4.78 is 0. The van der Waals surface area contributed by atoms with Gasteiger partial charge in [-0.2, -0.15) is 0 Å². The van der Waals surface area contributed by atoms with Gasteiger partial charge in [-0.3, -0.25) is 4.79 Å². The molecule has 2 atom stereocenters. The number of carboxylic acids is 1. The smallest absolute Gasteiger partial charge is 0.326 e. The number of likely N-dealkylation sites (tertiary alicyclic amines) is 1. The summed E-state index contributed by atoms with van der Waals surface area (Å²) in [6.45, 7) is 2.75. The van der Waals surface area contributed by atoms with E-state index in [1.54, 1.807) is 0 Å². The average molecular weight is 254 g/mol. The lowest BCUT2D eigenvalue weighted by atomic mass is 10.0. The largest absolute Gasteiger partial charge is 0.480 e. The lowest BCUT2D eigenvalue weighted by molar-refractivity contribution is -0.149. The number of carboxylic acid groups (broad SMARTS) is 1. The zero-order valence-corrected chi connectivity index (χ0v) is 10.9. The fourth-order valence-corrected chi connectivity index (χ4v) is 3.07. The van der Waals surface area contributed by atoms with Crippen LogP contribution in [0.1, 0.15) is 39.0 Å². The molecule has 1 saturated heterocycles. The second kappa shape index (κ2) is 5.69. The van der Waals surface area contributed by atoms with E-state index in [1.807, 2.05) is 6.92 Å². The second-order valence-corrected chi connectivity index (χ2v) is 5.50. The minimum atomic E-state index is -0.880. The van der Waals surface area contributed by atoms with Gasteiger partial charge < -0.3 is 15.3 Å². The van der Waals surface area contributed by atoms with E-state index < -0.39 is 12.0 Å². The summed E-state index contributed by atoms with van der Waals surface area (Å²) in [5, 5.41) is 12.4. The van der Waals surface area contributed by atoms with E-state index >= 15 is 0 Å². The predicted molar refractivity (Wildman–Crippen MR) is 67.2 cm³/mol. The Bertz CT molecular complexity index is 326. The van der Waals surface area contributed by atoms with Gasteiger partial charge >= 0.3 is 5.97 Å². The van der Waals surface area contributed by atoms with Crippen LogP contribution in [0.4, 0.5) is 0 Å². The first kappa shape index (κ1) is 13.3. The van der Waals surface area contributed by atoms with Gasteiger partial charge in [0.05, 0.1) is 6.54 Å². The molecule has 0 aromatic heterocycles. The lowest BCUT2D eigenvalue weighted by Gasteiger charge is -2.24. The summed E-state index contributed by atoms with van der Waals surface area (Å²) in [4.78, 5) is 24.8. The van der Waals surface area contributed by atoms with Crippen molar-refractivity contribution < 1.29 is 14.7 Å². The Hall–Kier alpha value is -1.10. The van der Waals surface area contributed by atoms with Crippen LogP contribution in [-0.4, -0.2) is 47.1 Å². The molecule has 5 nitrogen and oxygen atoms in total. The molecule has 2 aliphatic rings. The number of nitrogens with zero attached hydrogens (tertiary/aromatic N) is 1. The highest BCUT2D eigenvalue weighted by Crippen LogP contribution is 2.24. The summed E-state index contributed by atoms with van der Waals surface area (Å²) in [5.74, 6) is -0.897. The molecule has 0 bridgehead atoms. The van der Waals surface area contributed by atoms with Crippen LogP contribution in [0.2, 0.25) is 0 Å². The van der Waals surface area contributed by atoms with E-state index in [9.17, 15) is 9.59 Å². The zero-order chi connectivity index (χ0) is 13.1. The Kier molecular flexibility index (Phi) is 4.22. The van der Waals surface area contributed by atoms with Crippen molar-refractivity contribution in [1.29, 1.82) is 0 Å². The molecule has 18 heavy (non-hydrogen) atoms. The Balaban J connectivity index is 1.85. The van der Waals surface area contributed by atoms with Crippen molar-refractivity contribution in [3.05, 3.63) is 0 Å². The van der Waals surface area contributed by atoms with Gasteiger partial charge in [-0.25, -0.2) is 4.79 Å². The number of nitrogens with one attached hydrogen (secondary N) is 1. The molecule has 102 valence electrons. The summed E-state index contributed by atoms with van der Waals surface area (Å²) in [6, 6.07) is -0.194. The maximum atomic E-state index is 12.1. The van der Waals surface area contributed by atoms with Crippen LogP contribution >= 0.6 is 0 Å². The lowest BCUT2D eigenvalue weighted by Crippen LogP contribution is -2.47. The molecular formula is C13H22N2O3. The molecule has 1 aliphatic carbocycles. The van der Waals surface area contributed by atoms with Crippen LogP contribution in [0.5, 0.6) is 0 Å². The molecule has 0 aromatic carbocycles. The Morgan fingerprint density at radius 1 is 1.28 bits per heavy atom. The third kappa shape index (κ3) is 2.83. The van der Waals surface area contributed by atoms with Crippen molar-refractivity contribution in [2.75, 3.05) is 13.1 Å². The molecule has 1 saturated carbocycles. The van der Waals surface area contributed by atoms with Crippen molar-refractivity contribution in [3.63, 3.8) is 0 Å². The van der Waals surface area contributed by atoms with Gasteiger partial charge in [-0.05, 0) is 25.2 Å². The summed E-state index contributed by atoms with van der Waals surface area (Å²) in [7, 11) is 0. The van der Waals surface area contributed by atoms with Crippen LogP contribution in [0.3, 0.4) is 0 Å². The predicted octanol–water partition coefficient (Wildman–Crippen LogP) is 0.840. The fraction of sp³-hybridized carbons (Fsp3) is 0.846. The number of carbonyl (C=O) groups excluding carboxylic acids is 1. The first-order valence-corrected chi connectivity index (χ1v) is 6.85. The standard InChI is InChI=1S/C13H22N2O3/c1-9-6-7-15(12(9)13(17)18)11(16)8-14-10-4-2-3-5-10/h9-10,12,14H,2-8H2,1H3,(H,17,18). The van der Waals surface area contributed by atoms with Crippen molar-refractivity contribution in [2.45, 2.75) is 51.1 Å². The molecule has 0 radical (unpaired) electrons. The average Bonchev–Trinajstić information content (AvgIpc) is 2.94. The highest BCUT2D eigenvalue weighted by Gasteiger charge is 2.39. The van der Waals surface area contributed by atoms with Crippen LogP contribution in [0.15, 0.2) is 0 Å². The summed E-state index contributed by atoms with van der Waals surface area (Å²) >= 11 is 0. The normalized spacial score (nSPS) is 28.8. The van der Waals surface area contributed by atoms with Gasteiger partial charge in [0.25, 0.3) is 0 Å². The summed E-state index contributed by atoms with van der Waals surface area (Å²) in [6.07, 6.45) is 5.50. The molecule has 2 rings (SSSR count). The van der Waals surface area contributed by atoms with E-state index in [0.29, 0.717) is 12.6 Å². The third-order valence-corrected chi connectivity index (χ3v) is 4.17. The molecule has 2 N–H and O–H groups in total. The topological polar surface area (TPSA) is 69.6 Å². The quantitative estimate of drug-likeness (QED) is 0.780. The molecule has 2 unspecified atom stereocenters. The molecule has 0 spiro atoms. The SMILES string of the molecule is CC1CCN(C(=O)CNC2CCCC2)C1C(=O)O. The van der Waals surface area contributed by atoms with E-state index in [0.717, 1.165) is 19.3 Å². The van der Waals surface area contributed by atoms with Crippen molar-refractivity contribution in [1.82, 2.24) is 10.2 Å².